The van der Waals surface area contributed by atoms with Crippen molar-refractivity contribution in [2.45, 2.75) is 51.3 Å². The lowest BCUT2D eigenvalue weighted by molar-refractivity contribution is -0.142. The maximum atomic E-state index is 15.2. The molecular weight excluding hydrogens is 514 g/mol. The number of benzene rings is 1. The molecular formula is C21H18ClF4N5O5. The van der Waals surface area contributed by atoms with Gasteiger partial charge in [-0.3, -0.25) is 24.4 Å². The summed E-state index contributed by atoms with van der Waals surface area (Å²) in [5.74, 6) is -2.81. The Balaban J connectivity index is 1.38. The lowest BCUT2D eigenvalue weighted by Gasteiger charge is -2.29. The largest absolute Gasteiger partial charge is 0.443 e. The predicted octanol–water partition coefficient (Wildman–Crippen LogP) is 2.43. The summed E-state index contributed by atoms with van der Waals surface area (Å²) >= 11 is 6.25. The van der Waals surface area contributed by atoms with Crippen LogP contribution in [0, 0.1) is 5.82 Å². The van der Waals surface area contributed by atoms with Crippen molar-refractivity contribution in [3.8, 4) is 0 Å². The Hall–Kier alpha value is -3.68. The Labute approximate surface area is 205 Å². The highest BCUT2D eigenvalue weighted by Gasteiger charge is 2.42. The molecule has 2 N–H and O–H groups in total. The molecule has 3 heterocycles. The van der Waals surface area contributed by atoms with Gasteiger partial charge in [0.1, 0.15) is 30.7 Å². The fourth-order valence-corrected chi connectivity index (χ4v) is 4.24. The Bertz CT molecular complexity index is 1250. The highest BCUT2D eigenvalue weighted by atomic mass is 35.5. The molecule has 1 saturated heterocycles. The number of alkyl carbamates (subject to hydrolysis) is 1. The molecule has 192 valence electrons. The van der Waals surface area contributed by atoms with Gasteiger partial charge in [-0.15, -0.1) is 0 Å². The molecule has 2 aromatic rings. The monoisotopic (exact) mass is 531 g/mol. The molecule has 15 heteroatoms. The van der Waals surface area contributed by atoms with Crippen LogP contribution in [0.4, 0.5) is 22.4 Å². The van der Waals surface area contributed by atoms with Crippen molar-refractivity contribution < 1.29 is 41.5 Å². The third kappa shape index (κ3) is 5.42. The minimum Gasteiger partial charge on any atom is -0.443 e. The van der Waals surface area contributed by atoms with Crippen LogP contribution in [0.1, 0.15) is 40.0 Å². The van der Waals surface area contributed by atoms with Crippen LogP contribution < -0.4 is 10.6 Å². The van der Waals surface area contributed by atoms with Gasteiger partial charge in [0.2, 0.25) is 11.8 Å². The van der Waals surface area contributed by atoms with Gasteiger partial charge < -0.3 is 15.0 Å². The molecule has 36 heavy (non-hydrogen) atoms. The Morgan fingerprint density at radius 3 is 2.75 bits per heavy atom. The number of ether oxygens (including phenoxy) is 1. The van der Waals surface area contributed by atoms with Crippen LogP contribution in [-0.2, 0) is 40.6 Å². The summed E-state index contributed by atoms with van der Waals surface area (Å²) < 4.78 is 57.9. The molecule has 4 amide bonds. The number of nitrogens with one attached hydrogen (secondary N) is 2. The van der Waals surface area contributed by atoms with Crippen LogP contribution in [0.15, 0.2) is 18.3 Å². The third-order valence-electron chi connectivity index (χ3n) is 5.59. The number of hydrogen-bond acceptors (Lipinski definition) is 6. The van der Waals surface area contributed by atoms with Crippen LogP contribution in [-0.4, -0.2) is 50.7 Å². The minimum atomic E-state index is -4.46. The van der Waals surface area contributed by atoms with E-state index in [2.05, 4.69) is 15.7 Å². The third-order valence-corrected chi connectivity index (χ3v) is 5.93. The SMILES string of the molecule is O=C1CCC(N2Cc3c(Cl)cc(CNC(=O)OCc4ccn(CC(F)(F)F)n4)c(F)c3C2=O)C(=O)N1. The van der Waals surface area contributed by atoms with Gasteiger partial charge in [0.15, 0.2) is 0 Å². The van der Waals surface area contributed by atoms with Crippen molar-refractivity contribution in [3.63, 3.8) is 0 Å². The number of alkyl halides is 3. The number of hydrogen-bond donors (Lipinski definition) is 2. The molecule has 1 aromatic heterocycles. The van der Waals surface area contributed by atoms with Gasteiger partial charge in [0.05, 0.1) is 5.56 Å². The molecule has 0 aliphatic carbocycles. The van der Waals surface area contributed by atoms with Gasteiger partial charge in [0, 0.05) is 41.9 Å². The summed E-state index contributed by atoms with van der Waals surface area (Å²) in [5.41, 5.74) is -0.193. The van der Waals surface area contributed by atoms with E-state index in [1.165, 1.54) is 12.1 Å². The van der Waals surface area contributed by atoms with Crippen LogP contribution >= 0.6 is 11.6 Å². The van der Waals surface area contributed by atoms with Crippen LogP contribution in [0.5, 0.6) is 0 Å². The van der Waals surface area contributed by atoms with Crippen LogP contribution in [0.25, 0.3) is 0 Å². The average Bonchev–Trinajstić information content (AvgIpc) is 3.37. The Morgan fingerprint density at radius 1 is 1.31 bits per heavy atom. The summed E-state index contributed by atoms with van der Waals surface area (Å²) in [6.45, 7) is -2.25. The van der Waals surface area contributed by atoms with E-state index in [0.717, 1.165) is 11.1 Å². The van der Waals surface area contributed by atoms with Gasteiger partial charge in [-0.2, -0.15) is 18.3 Å². The zero-order valence-electron chi connectivity index (χ0n) is 18.3. The number of carbonyl (C=O) groups is 4. The molecule has 2 aliphatic heterocycles. The van der Waals surface area contributed by atoms with E-state index in [0.29, 0.717) is 4.68 Å². The zero-order chi connectivity index (χ0) is 26.2. The smallest absolute Gasteiger partial charge is 0.408 e. The average molecular weight is 532 g/mol. The van der Waals surface area contributed by atoms with E-state index in [9.17, 15) is 32.3 Å². The van der Waals surface area contributed by atoms with Gasteiger partial charge in [-0.05, 0) is 18.6 Å². The van der Waals surface area contributed by atoms with Crippen LogP contribution in [0.2, 0.25) is 5.02 Å². The van der Waals surface area contributed by atoms with E-state index >= 15 is 4.39 Å². The fourth-order valence-electron chi connectivity index (χ4n) is 3.95. The Kier molecular flexibility index (Phi) is 6.89. The number of aromatic nitrogens is 2. The first-order valence-electron chi connectivity index (χ1n) is 10.6. The lowest BCUT2D eigenvalue weighted by Crippen LogP contribution is -2.52. The lowest BCUT2D eigenvalue weighted by atomic mass is 10.0. The summed E-state index contributed by atoms with van der Waals surface area (Å²) in [4.78, 5) is 49.6. The number of imide groups is 1. The van der Waals surface area contributed by atoms with Crippen molar-refractivity contribution in [2.24, 2.45) is 0 Å². The molecule has 0 radical (unpaired) electrons. The number of nitrogens with zero attached hydrogens (tertiary/aromatic N) is 3. The van der Waals surface area contributed by atoms with E-state index in [-0.39, 0.29) is 46.8 Å². The molecule has 10 nitrogen and oxygen atoms in total. The van der Waals surface area contributed by atoms with Gasteiger partial charge >= 0.3 is 12.3 Å². The number of halogens is 5. The first kappa shape index (κ1) is 25.4. The second-order valence-electron chi connectivity index (χ2n) is 8.13. The van der Waals surface area contributed by atoms with E-state index < -0.39 is 61.5 Å². The van der Waals surface area contributed by atoms with E-state index in [1.807, 2.05) is 0 Å². The summed E-state index contributed by atoms with van der Waals surface area (Å²) in [7, 11) is 0. The van der Waals surface area contributed by atoms with Crippen molar-refractivity contribution in [1.29, 1.82) is 0 Å². The maximum Gasteiger partial charge on any atom is 0.408 e. The highest BCUT2D eigenvalue weighted by Crippen LogP contribution is 2.35. The second kappa shape index (κ2) is 9.76. The molecule has 1 fully saturated rings. The molecule has 0 bridgehead atoms. The predicted molar refractivity (Wildman–Crippen MR) is 113 cm³/mol. The maximum absolute atomic E-state index is 15.2. The molecule has 1 atom stereocenters. The first-order chi connectivity index (χ1) is 16.9. The molecule has 1 unspecified atom stereocenters. The summed E-state index contributed by atoms with van der Waals surface area (Å²) in [6.07, 6.45) is -4.25. The zero-order valence-corrected chi connectivity index (χ0v) is 19.1. The standard InChI is InChI=1S/C21H18ClF4N5O5/c22-13-5-10(6-27-20(35)36-8-11-3-4-30(29-11)9-21(24,25)26)17(23)16-12(13)7-31(19(16)34)14-1-2-15(32)28-18(14)33/h3-5,14H,1-2,6-9H2,(H,27,35)(H,28,32,33). The summed E-state index contributed by atoms with van der Waals surface area (Å²) in [5, 5.41) is 8.11. The van der Waals surface area contributed by atoms with E-state index in [1.54, 1.807) is 0 Å². The number of amides is 4. The van der Waals surface area contributed by atoms with Crippen LogP contribution in [0.3, 0.4) is 0 Å². The van der Waals surface area contributed by atoms with Gasteiger partial charge in [0.25, 0.3) is 5.91 Å². The molecule has 4 rings (SSSR count). The summed E-state index contributed by atoms with van der Waals surface area (Å²) in [6, 6.07) is 1.53. The van der Waals surface area contributed by atoms with Crippen molar-refractivity contribution in [2.75, 3.05) is 0 Å². The van der Waals surface area contributed by atoms with Gasteiger partial charge in [-0.25, -0.2) is 9.18 Å². The molecule has 0 spiro atoms. The van der Waals surface area contributed by atoms with E-state index in [4.69, 9.17) is 16.3 Å². The number of carbonyl (C=O) groups excluding carboxylic acids is 4. The minimum absolute atomic E-state index is 0.0343. The highest BCUT2D eigenvalue weighted by molar-refractivity contribution is 6.32. The molecule has 2 aliphatic rings. The topological polar surface area (TPSA) is 123 Å². The number of rotatable bonds is 6. The van der Waals surface area contributed by atoms with Crippen molar-refractivity contribution in [1.82, 2.24) is 25.3 Å². The fraction of sp³-hybridized carbons (Fsp3) is 0.381. The van der Waals surface area contributed by atoms with Crippen molar-refractivity contribution >= 4 is 35.4 Å². The quantitative estimate of drug-likeness (QED) is 0.436. The molecule has 0 saturated carbocycles. The normalized spacial score (nSPS) is 17.8. The Morgan fingerprint density at radius 2 is 2.06 bits per heavy atom. The van der Waals surface area contributed by atoms with Crippen molar-refractivity contribution in [3.05, 3.63) is 51.6 Å². The molecule has 1 aromatic carbocycles. The number of piperidine rings is 1. The second-order valence-corrected chi connectivity index (χ2v) is 8.54. The van der Waals surface area contributed by atoms with Gasteiger partial charge in [-0.1, -0.05) is 11.6 Å². The number of fused-ring (bicyclic) bond motifs is 1. The first-order valence-corrected chi connectivity index (χ1v) is 10.9.